The fourth-order valence-corrected chi connectivity index (χ4v) is 1.96. The Morgan fingerprint density at radius 2 is 1.86 bits per heavy atom. The smallest absolute Gasteiger partial charge is 0.407 e. The summed E-state index contributed by atoms with van der Waals surface area (Å²) < 4.78 is 4.81. The Balaban J connectivity index is 3.95. The zero-order valence-corrected chi connectivity index (χ0v) is 13.8. The molecule has 0 aliphatic heterocycles. The van der Waals surface area contributed by atoms with E-state index in [0.717, 1.165) is 19.3 Å². The van der Waals surface area contributed by atoms with Crippen LogP contribution in [0.5, 0.6) is 0 Å². The molecule has 0 rings (SSSR count). The van der Waals surface area contributed by atoms with Crippen LogP contribution < -0.4 is 10.6 Å². The van der Waals surface area contributed by atoms with Crippen molar-refractivity contribution in [1.82, 2.24) is 10.6 Å². The molecule has 0 aliphatic carbocycles. The molecular weight excluding hydrogens is 268 g/mol. The van der Waals surface area contributed by atoms with Crippen LogP contribution in [0.2, 0.25) is 0 Å². The predicted octanol–water partition coefficient (Wildman–Crippen LogP) is 2.66. The number of unbranched alkanes of at least 4 members (excludes halogenated alkanes) is 1. The first kappa shape index (κ1) is 19.6. The van der Waals surface area contributed by atoms with E-state index < -0.39 is 6.09 Å². The maximum absolute atomic E-state index is 12.1. The third-order valence-corrected chi connectivity index (χ3v) is 2.97. The molecule has 0 aliphatic rings. The normalized spacial score (nSPS) is 12.3. The summed E-state index contributed by atoms with van der Waals surface area (Å²) in [6, 6.07) is 0.183. The summed E-state index contributed by atoms with van der Waals surface area (Å²) in [5.41, 5.74) is 0. The van der Waals surface area contributed by atoms with Gasteiger partial charge in [-0.3, -0.25) is 4.79 Å². The number of hydrogen-bond acceptors (Lipinski definition) is 4. The number of carbonyl (C=O) groups excluding carboxylic acids is 2. The van der Waals surface area contributed by atoms with Gasteiger partial charge in [0.15, 0.2) is 5.78 Å². The Morgan fingerprint density at radius 1 is 1.19 bits per heavy atom. The fraction of sp³-hybridized carbons (Fsp3) is 0.750. The van der Waals surface area contributed by atoms with Gasteiger partial charge in [-0.05, 0) is 19.3 Å². The van der Waals surface area contributed by atoms with Gasteiger partial charge in [0.25, 0.3) is 0 Å². The summed E-state index contributed by atoms with van der Waals surface area (Å²) in [7, 11) is 0. The second kappa shape index (κ2) is 11.3. The Kier molecular flexibility index (Phi) is 10.6. The second-order valence-corrected chi connectivity index (χ2v) is 5.74. The number of ether oxygens (including phenoxy) is 1. The lowest BCUT2D eigenvalue weighted by molar-refractivity contribution is -0.124. The van der Waals surface area contributed by atoms with Crippen molar-refractivity contribution in [3.05, 3.63) is 12.7 Å². The van der Waals surface area contributed by atoms with Crippen molar-refractivity contribution in [3.8, 4) is 0 Å². The molecule has 0 bridgehead atoms. The Hall–Kier alpha value is -1.36. The zero-order valence-electron chi connectivity index (χ0n) is 13.8. The first-order valence-corrected chi connectivity index (χ1v) is 7.69. The van der Waals surface area contributed by atoms with Gasteiger partial charge in [-0.15, -0.1) is 0 Å². The molecule has 122 valence electrons. The molecule has 0 heterocycles. The number of rotatable bonds is 11. The van der Waals surface area contributed by atoms with Crippen LogP contribution in [0, 0.1) is 5.92 Å². The van der Waals surface area contributed by atoms with Crippen molar-refractivity contribution in [3.63, 3.8) is 0 Å². The quantitative estimate of drug-likeness (QED) is 0.454. The lowest BCUT2D eigenvalue weighted by Crippen LogP contribution is -2.42. The number of carbonyl (C=O) groups is 2. The summed E-state index contributed by atoms with van der Waals surface area (Å²) in [6.07, 6.45) is 3.60. The molecule has 21 heavy (non-hydrogen) atoms. The number of Topliss-reactive ketones (excluding diaryl/α,β-unsaturated/α-hetero) is 1. The first-order chi connectivity index (χ1) is 9.88. The molecule has 0 radical (unpaired) electrons. The highest BCUT2D eigenvalue weighted by atomic mass is 16.5. The van der Waals surface area contributed by atoms with Crippen LogP contribution in [0.1, 0.15) is 47.0 Å². The molecule has 1 unspecified atom stereocenters. The largest absolute Gasteiger partial charge is 0.445 e. The minimum atomic E-state index is -0.426. The molecule has 1 amide bonds. The van der Waals surface area contributed by atoms with E-state index in [1.54, 1.807) is 0 Å². The Morgan fingerprint density at radius 3 is 2.38 bits per heavy atom. The Labute approximate surface area is 128 Å². The van der Waals surface area contributed by atoms with Gasteiger partial charge in [-0.2, -0.15) is 0 Å². The van der Waals surface area contributed by atoms with Gasteiger partial charge in [0.05, 0.1) is 6.04 Å². The highest BCUT2D eigenvalue weighted by molar-refractivity contribution is 5.85. The number of amides is 1. The predicted molar refractivity (Wildman–Crippen MR) is 85.3 cm³/mol. The number of nitrogens with one attached hydrogen (secondary N) is 2. The summed E-state index contributed by atoms with van der Waals surface area (Å²) in [5, 5.41) is 5.99. The first-order valence-electron chi connectivity index (χ1n) is 7.69. The van der Waals surface area contributed by atoms with Crippen molar-refractivity contribution < 1.29 is 14.3 Å². The SMILES string of the molecule is C=CCOC(=O)NCCCCC(NC(C)C)C(=O)C(C)C. The summed E-state index contributed by atoms with van der Waals surface area (Å²) >= 11 is 0. The topological polar surface area (TPSA) is 67.4 Å². The van der Waals surface area contributed by atoms with Crippen molar-refractivity contribution in [2.45, 2.75) is 59.0 Å². The number of hydrogen-bond donors (Lipinski definition) is 2. The molecule has 0 saturated heterocycles. The zero-order chi connectivity index (χ0) is 16.3. The second-order valence-electron chi connectivity index (χ2n) is 5.74. The van der Waals surface area contributed by atoms with E-state index >= 15 is 0 Å². The summed E-state index contributed by atoms with van der Waals surface area (Å²) in [5.74, 6) is 0.287. The van der Waals surface area contributed by atoms with Crippen LogP contribution in [-0.2, 0) is 9.53 Å². The number of ketones is 1. The lowest BCUT2D eigenvalue weighted by atomic mass is 9.96. The van der Waals surface area contributed by atoms with Crippen LogP contribution in [0.25, 0.3) is 0 Å². The van der Waals surface area contributed by atoms with Gasteiger partial charge in [0.2, 0.25) is 0 Å². The third-order valence-electron chi connectivity index (χ3n) is 2.97. The molecule has 0 saturated carbocycles. The van der Waals surface area contributed by atoms with Crippen LogP contribution in [0.4, 0.5) is 4.79 Å². The summed E-state index contributed by atoms with van der Waals surface area (Å²) in [6.45, 7) is 12.2. The average Bonchev–Trinajstić information content (AvgIpc) is 2.42. The Bertz CT molecular complexity index is 327. The molecule has 1 atom stereocenters. The van der Waals surface area contributed by atoms with E-state index in [0.29, 0.717) is 6.54 Å². The van der Waals surface area contributed by atoms with Crippen molar-refractivity contribution in [2.75, 3.05) is 13.2 Å². The maximum Gasteiger partial charge on any atom is 0.407 e. The summed E-state index contributed by atoms with van der Waals surface area (Å²) in [4.78, 5) is 23.3. The third kappa shape index (κ3) is 10.1. The van der Waals surface area contributed by atoms with E-state index in [1.165, 1.54) is 6.08 Å². The highest BCUT2D eigenvalue weighted by Gasteiger charge is 2.21. The van der Waals surface area contributed by atoms with Crippen molar-refractivity contribution in [2.24, 2.45) is 5.92 Å². The van der Waals surface area contributed by atoms with Gasteiger partial charge in [0, 0.05) is 18.5 Å². The van der Waals surface area contributed by atoms with E-state index in [9.17, 15) is 9.59 Å². The monoisotopic (exact) mass is 298 g/mol. The van der Waals surface area contributed by atoms with Gasteiger partial charge in [-0.1, -0.05) is 40.3 Å². The molecule has 0 spiro atoms. The van der Waals surface area contributed by atoms with Gasteiger partial charge < -0.3 is 15.4 Å². The lowest BCUT2D eigenvalue weighted by Gasteiger charge is -2.22. The van der Waals surface area contributed by atoms with E-state index in [4.69, 9.17) is 4.74 Å². The van der Waals surface area contributed by atoms with Crippen LogP contribution in [0.15, 0.2) is 12.7 Å². The van der Waals surface area contributed by atoms with Crippen LogP contribution in [-0.4, -0.2) is 37.1 Å². The van der Waals surface area contributed by atoms with E-state index in [-0.39, 0.29) is 30.4 Å². The minimum absolute atomic E-state index is 0.0354. The van der Waals surface area contributed by atoms with Gasteiger partial charge >= 0.3 is 6.09 Å². The molecule has 0 fully saturated rings. The highest BCUT2D eigenvalue weighted by Crippen LogP contribution is 2.08. The molecule has 0 aromatic rings. The molecule has 5 nitrogen and oxygen atoms in total. The van der Waals surface area contributed by atoms with Gasteiger partial charge in [-0.25, -0.2) is 4.79 Å². The van der Waals surface area contributed by atoms with Crippen molar-refractivity contribution in [1.29, 1.82) is 0 Å². The molecule has 5 heteroatoms. The molecule has 2 N–H and O–H groups in total. The minimum Gasteiger partial charge on any atom is -0.445 e. The van der Waals surface area contributed by atoms with Crippen molar-refractivity contribution >= 4 is 11.9 Å². The molecule has 0 aromatic heterocycles. The van der Waals surface area contributed by atoms with Crippen LogP contribution >= 0.6 is 0 Å². The fourth-order valence-electron chi connectivity index (χ4n) is 1.96. The average molecular weight is 298 g/mol. The van der Waals surface area contributed by atoms with Gasteiger partial charge in [0.1, 0.15) is 6.61 Å². The standard InChI is InChI=1S/C16H30N2O3/c1-6-11-21-16(20)17-10-8-7-9-14(18-13(4)5)15(19)12(2)3/h6,12-14,18H,1,7-11H2,2-5H3,(H,17,20). The van der Waals surface area contributed by atoms with Crippen LogP contribution in [0.3, 0.4) is 0 Å². The van der Waals surface area contributed by atoms with E-state index in [2.05, 4.69) is 17.2 Å². The number of alkyl carbamates (subject to hydrolysis) is 1. The molecular formula is C16H30N2O3. The maximum atomic E-state index is 12.1. The molecule has 0 aromatic carbocycles. The van der Waals surface area contributed by atoms with E-state index in [1.807, 2.05) is 27.7 Å².